The van der Waals surface area contributed by atoms with Gasteiger partial charge in [-0.05, 0) is 49.5 Å². The smallest absolute Gasteiger partial charge is 0.240 e. The van der Waals surface area contributed by atoms with Crippen molar-refractivity contribution in [1.29, 1.82) is 0 Å². The van der Waals surface area contributed by atoms with Crippen LogP contribution in [0.1, 0.15) is 0 Å². The minimum absolute atomic E-state index is 0.151. The number of hydrogen-bond acceptors (Lipinski definition) is 4. The second kappa shape index (κ2) is 6.05. The van der Waals surface area contributed by atoms with Crippen LogP contribution in [0.25, 0.3) is 0 Å². The lowest BCUT2D eigenvalue weighted by molar-refractivity contribution is 0.588. The number of nitrogens with two attached hydrogens (primary N) is 1. The molecule has 0 spiro atoms. The van der Waals surface area contributed by atoms with Crippen LogP contribution in [0.2, 0.25) is 5.02 Å². The van der Waals surface area contributed by atoms with Crippen molar-refractivity contribution in [2.75, 3.05) is 12.8 Å². The van der Waals surface area contributed by atoms with Crippen LogP contribution in [-0.4, -0.2) is 15.5 Å². The molecule has 0 atom stereocenters. The zero-order valence-electron chi connectivity index (χ0n) is 10.6. The summed E-state index contributed by atoms with van der Waals surface area (Å²) >= 11 is 7.28. The Kier molecular flexibility index (Phi) is 4.59. The lowest BCUT2D eigenvalue weighted by atomic mass is 10.3. The van der Waals surface area contributed by atoms with Gasteiger partial charge in [0.05, 0.1) is 4.90 Å². The molecule has 20 heavy (non-hydrogen) atoms. The molecule has 0 saturated carbocycles. The van der Waals surface area contributed by atoms with E-state index in [1.807, 2.05) is 12.1 Å². The standard InChI is InChI=1S/C13H13ClN2O2S2/c1-16-20(17,18)11-6-7-13(12(15)8-11)19-10-4-2-9(14)3-5-10/h2-8,16H,15H2,1H3. The fourth-order valence-electron chi connectivity index (χ4n) is 1.53. The molecule has 0 bridgehead atoms. The first-order chi connectivity index (χ1) is 9.42. The molecule has 0 heterocycles. The number of hydrogen-bond donors (Lipinski definition) is 2. The fraction of sp³-hybridized carbons (Fsp3) is 0.0769. The summed E-state index contributed by atoms with van der Waals surface area (Å²) < 4.78 is 25.6. The summed E-state index contributed by atoms with van der Waals surface area (Å²) in [6.45, 7) is 0. The van der Waals surface area contributed by atoms with Crippen molar-refractivity contribution < 1.29 is 8.42 Å². The Morgan fingerprint density at radius 1 is 1.15 bits per heavy atom. The number of sulfonamides is 1. The third-order valence-electron chi connectivity index (χ3n) is 2.60. The van der Waals surface area contributed by atoms with Gasteiger partial charge in [-0.15, -0.1) is 0 Å². The first kappa shape index (κ1) is 15.2. The van der Waals surface area contributed by atoms with Crippen LogP contribution in [0.3, 0.4) is 0 Å². The largest absolute Gasteiger partial charge is 0.398 e. The summed E-state index contributed by atoms with van der Waals surface area (Å²) in [5.74, 6) is 0. The molecule has 0 fully saturated rings. The SMILES string of the molecule is CNS(=O)(=O)c1ccc(Sc2ccc(Cl)cc2)c(N)c1. The summed E-state index contributed by atoms with van der Waals surface area (Å²) in [6.07, 6.45) is 0. The number of nitrogen functional groups attached to an aromatic ring is 1. The van der Waals surface area contributed by atoms with Gasteiger partial charge in [-0.1, -0.05) is 23.4 Å². The van der Waals surface area contributed by atoms with Gasteiger partial charge in [0.1, 0.15) is 0 Å². The Morgan fingerprint density at radius 3 is 2.35 bits per heavy atom. The summed E-state index contributed by atoms with van der Waals surface area (Å²) in [5, 5.41) is 0.665. The van der Waals surface area contributed by atoms with Crippen molar-refractivity contribution >= 4 is 39.1 Å². The minimum Gasteiger partial charge on any atom is -0.398 e. The highest BCUT2D eigenvalue weighted by molar-refractivity contribution is 7.99. The Labute approximate surface area is 127 Å². The molecular weight excluding hydrogens is 316 g/mol. The van der Waals surface area contributed by atoms with Gasteiger partial charge in [-0.25, -0.2) is 13.1 Å². The van der Waals surface area contributed by atoms with Gasteiger partial charge in [0.2, 0.25) is 10.0 Å². The predicted molar refractivity (Wildman–Crippen MR) is 82.7 cm³/mol. The number of nitrogens with one attached hydrogen (secondary N) is 1. The summed E-state index contributed by atoms with van der Waals surface area (Å²) in [5.41, 5.74) is 6.33. The van der Waals surface area contributed by atoms with Crippen LogP contribution in [0.5, 0.6) is 0 Å². The molecule has 2 aromatic rings. The van der Waals surface area contributed by atoms with E-state index in [-0.39, 0.29) is 4.90 Å². The monoisotopic (exact) mass is 328 g/mol. The average Bonchev–Trinajstić information content (AvgIpc) is 2.43. The molecule has 0 aromatic heterocycles. The predicted octanol–water partition coefficient (Wildman–Crippen LogP) is 2.98. The van der Waals surface area contributed by atoms with Gasteiger partial charge in [0.15, 0.2) is 0 Å². The molecule has 3 N–H and O–H groups in total. The van der Waals surface area contributed by atoms with Gasteiger partial charge in [-0.2, -0.15) is 0 Å². The molecule has 4 nitrogen and oxygen atoms in total. The molecule has 0 unspecified atom stereocenters. The average molecular weight is 329 g/mol. The highest BCUT2D eigenvalue weighted by atomic mass is 35.5. The fourth-order valence-corrected chi connectivity index (χ4v) is 3.26. The lowest BCUT2D eigenvalue weighted by Gasteiger charge is -2.08. The van der Waals surface area contributed by atoms with Crippen LogP contribution in [0, 0.1) is 0 Å². The van der Waals surface area contributed by atoms with E-state index in [2.05, 4.69) is 4.72 Å². The lowest BCUT2D eigenvalue weighted by Crippen LogP contribution is -2.18. The maximum Gasteiger partial charge on any atom is 0.240 e. The van der Waals surface area contributed by atoms with E-state index in [1.165, 1.54) is 30.9 Å². The van der Waals surface area contributed by atoms with E-state index >= 15 is 0 Å². The van der Waals surface area contributed by atoms with Crippen LogP contribution >= 0.6 is 23.4 Å². The molecular formula is C13H13ClN2O2S2. The highest BCUT2D eigenvalue weighted by Crippen LogP contribution is 2.33. The highest BCUT2D eigenvalue weighted by Gasteiger charge is 2.13. The minimum atomic E-state index is -3.47. The van der Waals surface area contributed by atoms with Gasteiger partial charge < -0.3 is 5.73 Å². The van der Waals surface area contributed by atoms with E-state index in [1.54, 1.807) is 18.2 Å². The van der Waals surface area contributed by atoms with Crippen molar-refractivity contribution in [3.05, 3.63) is 47.5 Å². The van der Waals surface area contributed by atoms with Crippen LogP contribution in [0.4, 0.5) is 5.69 Å². The summed E-state index contributed by atoms with van der Waals surface area (Å²) in [7, 11) is -2.11. The van der Waals surface area contributed by atoms with Gasteiger partial charge in [0.25, 0.3) is 0 Å². The Hall–Kier alpha value is -1.21. The molecule has 2 aromatic carbocycles. The maximum absolute atomic E-state index is 11.7. The first-order valence-corrected chi connectivity index (χ1v) is 8.36. The van der Waals surface area contributed by atoms with Crippen LogP contribution in [-0.2, 0) is 10.0 Å². The van der Waals surface area contributed by atoms with Crippen molar-refractivity contribution in [3.8, 4) is 0 Å². The van der Waals surface area contributed by atoms with E-state index in [0.29, 0.717) is 10.7 Å². The molecule has 0 radical (unpaired) electrons. The molecule has 7 heteroatoms. The van der Waals surface area contributed by atoms with Crippen molar-refractivity contribution in [2.45, 2.75) is 14.7 Å². The Bertz CT molecular complexity index is 716. The van der Waals surface area contributed by atoms with Crippen LogP contribution < -0.4 is 10.5 Å². The molecule has 0 amide bonds. The zero-order valence-corrected chi connectivity index (χ0v) is 13.0. The maximum atomic E-state index is 11.7. The second-order valence-corrected chi connectivity index (χ2v) is 7.40. The summed E-state index contributed by atoms with van der Waals surface area (Å²) in [6, 6.07) is 12.0. The molecule has 0 aliphatic heterocycles. The molecule has 0 aliphatic rings. The van der Waals surface area contributed by atoms with Gasteiger partial charge in [0, 0.05) is 20.5 Å². The van der Waals surface area contributed by atoms with Crippen molar-refractivity contribution in [2.24, 2.45) is 0 Å². The van der Waals surface area contributed by atoms with E-state index in [4.69, 9.17) is 17.3 Å². The van der Waals surface area contributed by atoms with E-state index in [9.17, 15) is 8.42 Å². The van der Waals surface area contributed by atoms with E-state index < -0.39 is 10.0 Å². The second-order valence-electron chi connectivity index (χ2n) is 3.96. The molecule has 2 rings (SSSR count). The number of benzene rings is 2. The quantitative estimate of drug-likeness (QED) is 0.846. The first-order valence-electron chi connectivity index (χ1n) is 5.69. The molecule has 0 aliphatic carbocycles. The Balaban J connectivity index is 2.29. The normalized spacial score (nSPS) is 11.5. The third-order valence-corrected chi connectivity index (χ3v) is 5.37. The number of anilines is 1. The molecule has 106 valence electrons. The zero-order chi connectivity index (χ0) is 14.8. The third kappa shape index (κ3) is 3.46. The Morgan fingerprint density at radius 2 is 1.80 bits per heavy atom. The van der Waals surface area contributed by atoms with Gasteiger partial charge in [-0.3, -0.25) is 0 Å². The summed E-state index contributed by atoms with van der Waals surface area (Å²) in [4.78, 5) is 1.92. The van der Waals surface area contributed by atoms with Gasteiger partial charge >= 0.3 is 0 Å². The van der Waals surface area contributed by atoms with Crippen LogP contribution in [0.15, 0.2) is 57.2 Å². The van der Waals surface area contributed by atoms with E-state index in [0.717, 1.165) is 9.79 Å². The van der Waals surface area contributed by atoms with Crippen molar-refractivity contribution in [3.63, 3.8) is 0 Å². The number of rotatable bonds is 4. The topological polar surface area (TPSA) is 72.2 Å². The number of halogens is 1. The molecule has 0 saturated heterocycles. The van der Waals surface area contributed by atoms with Crippen molar-refractivity contribution in [1.82, 2.24) is 4.72 Å².